The van der Waals surface area contributed by atoms with Gasteiger partial charge in [-0.2, -0.15) is 0 Å². The first-order valence-electron chi connectivity index (χ1n) is 13.2. The minimum absolute atomic E-state index is 0.575. The number of nitrogens with zero attached hydrogens (tertiary/aromatic N) is 2. The SMILES string of the molecule is COc1ccc(C2=C3C(C)=C(Sc4ccccc4)C(C)=[N+]3[B-](F)(F)n3c(C)c(Sc4ccccc4)c(C)c32)cc1. The summed E-state index contributed by atoms with van der Waals surface area (Å²) in [7, 11) is 1.63. The third-order valence-electron chi connectivity index (χ3n) is 7.65. The third kappa shape index (κ3) is 4.16. The van der Waals surface area contributed by atoms with Gasteiger partial charge in [-0.15, -0.1) is 0 Å². The first-order valence-corrected chi connectivity index (χ1v) is 14.8. The molecule has 40 heavy (non-hydrogen) atoms. The largest absolute Gasteiger partial charge is 0.737 e. The molecule has 0 saturated heterocycles. The molecule has 3 nitrogen and oxygen atoms in total. The molecule has 0 unspecified atom stereocenters. The topological polar surface area (TPSA) is 17.2 Å². The van der Waals surface area contributed by atoms with Crippen LogP contribution in [-0.4, -0.2) is 28.8 Å². The molecular formula is C32H29BF2N2OS2. The van der Waals surface area contributed by atoms with Crippen molar-refractivity contribution in [3.63, 3.8) is 0 Å². The maximum Gasteiger partial charge on any atom is 0.737 e. The van der Waals surface area contributed by atoms with E-state index in [0.717, 1.165) is 47.6 Å². The third-order valence-corrected chi connectivity index (χ3v) is 10.3. The number of thioether (sulfide) groups is 1. The van der Waals surface area contributed by atoms with Gasteiger partial charge in [-0.25, -0.2) is 0 Å². The highest BCUT2D eigenvalue weighted by molar-refractivity contribution is 8.04. The van der Waals surface area contributed by atoms with E-state index in [0.29, 0.717) is 22.8 Å². The van der Waals surface area contributed by atoms with Crippen molar-refractivity contribution in [3.8, 4) is 5.75 Å². The van der Waals surface area contributed by atoms with Crippen LogP contribution in [0, 0.1) is 13.8 Å². The van der Waals surface area contributed by atoms with E-state index in [1.165, 1.54) is 8.96 Å². The molecule has 3 heterocycles. The molecule has 0 fully saturated rings. The van der Waals surface area contributed by atoms with Crippen molar-refractivity contribution >= 4 is 41.8 Å². The second-order valence-corrected chi connectivity index (χ2v) is 12.2. The van der Waals surface area contributed by atoms with Crippen molar-refractivity contribution in [3.05, 3.63) is 124 Å². The molecule has 6 rings (SSSR count). The summed E-state index contributed by atoms with van der Waals surface area (Å²) >= 11 is 3.08. The van der Waals surface area contributed by atoms with Crippen molar-refractivity contribution in [1.29, 1.82) is 0 Å². The number of methoxy groups -OCH3 is 1. The van der Waals surface area contributed by atoms with E-state index >= 15 is 8.63 Å². The van der Waals surface area contributed by atoms with E-state index in [1.54, 1.807) is 30.6 Å². The minimum Gasteiger partial charge on any atom is -0.497 e. The molecule has 0 spiro atoms. The average Bonchev–Trinajstić information content (AvgIpc) is 3.36. The van der Waals surface area contributed by atoms with E-state index in [4.69, 9.17) is 4.74 Å². The quantitative estimate of drug-likeness (QED) is 0.216. The van der Waals surface area contributed by atoms with Crippen LogP contribution in [0.3, 0.4) is 0 Å². The monoisotopic (exact) mass is 570 g/mol. The first kappa shape index (κ1) is 26.7. The Hall–Kier alpha value is -3.49. The molecule has 3 aromatic carbocycles. The van der Waals surface area contributed by atoms with Crippen LogP contribution in [0.15, 0.2) is 116 Å². The number of rotatable bonds is 6. The Labute approximate surface area is 242 Å². The lowest BCUT2D eigenvalue weighted by atomic mass is 9.84. The van der Waals surface area contributed by atoms with Gasteiger partial charge in [0.05, 0.1) is 17.6 Å². The van der Waals surface area contributed by atoms with Gasteiger partial charge >= 0.3 is 6.97 Å². The second kappa shape index (κ2) is 10.2. The van der Waals surface area contributed by atoms with Crippen LogP contribution in [0.2, 0.25) is 0 Å². The van der Waals surface area contributed by atoms with Gasteiger partial charge < -0.3 is 22.3 Å². The molecule has 0 atom stereocenters. The van der Waals surface area contributed by atoms with Crippen LogP contribution in [0.4, 0.5) is 8.63 Å². The lowest BCUT2D eigenvalue weighted by molar-refractivity contribution is -0.363. The fourth-order valence-electron chi connectivity index (χ4n) is 5.84. The first-order chi connectivity index (χ1) is 19.2. The predicted molar refractivity (Wildman–Crippen MR) is 163 cm³/mol. The van der Waals surface area contributed by atoms with Crippen LogP contribution in [0.1, 0.15) is 36.4 Å². The summed E-state index contributed by atoms with van der Waals surface area (Å²) in [5, 5.41) is 0. The van der Waals surface area contributed by atoms with E-state index in [-0.39, 0.29) is 0 Å². The van der Waals surface area contributed by atoms with E-state index in [9.17, 15) is 0 Å². The van der Waals surface area contributed by atoms with Gasteiger partial charge in [-0.3, -0.25) is 0 Å². The van der Waals surface area contributed by atoms with Crippen molar-refractivity contribution in [2.45, 2.75) is 42.4 Å². The fourth-order valence-corrected chi connectivity index (χ4v) is 7.89. The van der Waals surface area contributed by atoms with Gasteiger partial charge in [0.25, 0.3) is 0 Å². The van der Waals surface area contributed by atoms with Crippen molar-refractivity contribution in [1.82, 2.24) is 4.48 Å². The highest BCUT2D eigenvalue weighted by Gasteiger charge is 2.57. The van der Waals surface area contributed by atoms with Crippen LogP contribution in [-0.2, 0) is 0 Å². The fraction of sp³-hybridized carbons (Fsp3) is 0.156. The number of allylic oxidation sites excluding steroid dienone is 2. The average molecular weight is 571 g/mol. The molecule has 0 radical (unpaired) electrons. The zero-order chi connectivity index (χ0) is 28.2. The van der Waals surface area contributed by atoms with Crippen molar-refractivity contribution < 1.29 is 17.9 Å². The van der Waals surface area contributed by atoms with Gasteiger partial charge in [-0.05, 0) is 74.0 Å². The van der Waals surface area contributed by atoms with Gasteiger partial charge in [0.1, 0.15) is 11.5 Å². The van der Waals surface area contributed by atoms with Gasteiger partial charge in [-0.1, -0.05) is 72.1 Å². The standard InChI is InChI=1S/C32H29BF2N2OS2/c1-20-29-28(24-16-18-25(38-5)19-17-24)30-21(2)32(40-27-14-10-7-11-15-27)23(4)37(30)33(34,35)36(29)22(3)31(20)39-26-12-8-6-9-13-26/h6-19H,1-5H3. The molecule has 4 aromatic rings. The van der Waals surface area contributed by atoms with Crippen LogP contribution < -0.4 is 4.74 Å². The van der Waals surface area contributed by atoms with E-state index in [2.05, 4.69) is 0 Å². The van der Waals surface area contributed by atoms with Crippen LogP contribution >= 0.6 is 23.5 Å². The number of hydrogen-bond acceptors (Lipinski definition) is 3. The summed E-state index contributed by atoms with van der Waals surface area (Å²) in [5.41, 5.74) is 5.73. The Kier molecular flexibility index (Phi) is 6.79. The summed E-state index contributed by atoms with van der Waals surface area (Å²) in [6.07, 6.45) is 0. The molecule has 0 saturated carbocycles. The molecule has 0 N–H and O–H groups in total. The Morgan fingerprint density at radius 3 is 1.93 bits per heavy atom. The molecule has 0 aliphatic carbocycles. The zero-order valence-corrected chi connectivity index (χ0v) is 24.7. The van der Waals surface area contributed by atoms with Gasteiger partial charge in [0, 0.05) is 32.9 Å². The summed E-state index contributed by atoms with van der Waals surface area (Å²) in [4.78, 5) is 3.78. The number of aromatic nitrogens is 1. The van der Waals surface area contributed by atoms with Crippen molar-refractivity contribution in [2.75, 3.05) is 7.11 Å². The van der Waals surface area contributed by atoms with Crippen LogP contribution in [0.25, 0.3) is 5.57 Å². The molecule has 0 amide bonds. The lowest BCUT2D eigenvalue weighted by Gasteiger charge is -2.34. The smallest absolute Gasteiger partial charge is 0.497 e. The number of benzene rings is 3. The Morgan fingerprint density at radius 2 is 1.35 bits per heavy atom. The minimum atomic E-state index is -4.16. The number of ether oxygens (including phenoxy) is 1. The molecular weight excluding hydrogens is 541 g/mol. The summed E-state index contributed by atoms with van der Waals surface area (Å²) in [5.74, 6) is 0.724. The lowest BCUT2D eigenvalue weighted by Crippen LogP contribution is -2.51. The number of fused-ring (bicyclic) bond motifs is 2. The molecule has 1 aromatic heterocycles. The molecule has 0 bridgehead atoms. The zero-order valence-electron chi connectivity index (χ0n) is 23.0. The summed E-state index contributed by atoms with van der Waals surface area (Å²) in [6, 6.07) is 27.6. The maximum absolute atomic E-state index is 16.9. The summed E-state index contributed by atoms with van der Waals surface area (Å²) in [6.45, 7) is 3.43. The maximum atomic E-state index is 16.9. The highest BCUT2D eigenvalue weighted by atomic mass is 32.2. The Morgan fingerprint density at radius 1 is 0.775 bits per heavy atom. The number of halogens is 2. The second-order valence-electron chi connectivity index (χ2n) is 10.0. The predicted octanol–water partition coefficient (Wildman–Crippen LogP) is 8.81. The van der Waals surface area contributed by atoms with E-state index < -0.39 is 6.97 Å². The molecule has 2 aliphatic heterocycles. The Balaban J connectivity index is 1.64. The van der Waals surface area contributed by atoms with Gasteiger partial charge in [0.2, 0.25) is 0 Å². The van der Waals surface area contributed by atoms with Gasteiger partial charge in [0.15, 0.2) is 5.70 Å². The normalized spacial score (nSPS) is 16.0. The molecule has 202 valence electrons. The van der Waals surface area contributed by atoms with E-state index in [1.807, 2.05) is 113 Å². The van der Waals surface area contributed by atoms with Crippen LogP contribution in [0.5, 0.6) is 5.75 Å². The summed E-state index contributed by atoms with van der Waals surface area (Å²) < 4.78 is 41.9. The molecule has 2 aliphatic rings. The molecule has 8 heteroatoms. The number of hydrogen-bond donors (Lipinski definition) is 0. The Bertz CT molecular complexity index is 1720. The highest BCUT2D eigenvalue weighted by Crippen LogP contribution is 2.50. The van der Waals surface area contributed by atoms with Crippen molar-refractivity contribution in [2.24, 2.45) is 0 Å².